The van der Waals surface area contributed by atoms with Crippen molar-refractivity contribution in [2.24, 2.45) is 0 Å². The van der Waals surface area contributed by atoms with Gasteiger partial charge in [0.05, 0.1) is 6.04 Å². The lowest BCUT2D eigenvalue weighted by Crippen LogP contribution is -2.28. The van der Waals surface area contributed by atoms with Crippen LogP contribution in [0.25, 0.3) is 0 Å². The zero-order valence-corrected chi connectivity index (χ0v) is 15.8. The minimum absolute atomic E-state index is 0.0539. The number of hydrogen-bond donors (Lipinski definition) is 1. The van der Waals surface area contributed by atoms with Gasteiger partial charge in [0, 0.05) is 24.2 Å². The maximum atomic E-state index is 12.8. The highest BCUT2D eigenvalue weighted by Crippen LogP contribution is 2.26. The van der Waals surface area contributed by atoms with Crippen LogP contribution >= 0.6 is 0 Å². The number of amides is 2. The van der Waals surface area contributed by atoms with Gasteiger partial charge in [0.1, 0.15) is 0 Å². The average molecular weight is 362 g/mol. The zero-order chi connectivity index (χ0) is 18.8. The Kier molecular flexibility index (Phi) is 4.97. The Morgan fingerprint density at radius 1 is 1.00 bits per heavy atom. The lowest BCUT2D eigenvalue weighted by atomic mass is 9.89. The summed E-state index contributed by atoms with van der Waals surface area (Å²) in [4.78, 5) is 26.5. The zero-order valence-electron chi connectivity index (χ0n) is 15.8. The normalized spacial score (nSPS) is 17.5. The quantitative estimate of drug-likeness (QED) is 0.887. The van der Waals surface area contributed by atoms with Gasteiger partial charge in [0.25, 0.3) is 5.91 Å². The first-order valence-electron chi connectivity index (χ1n) is 9.95. The lowest BCUT2D eigenvalue weighted by Gasteiger charge is -2.20. The Morgan fingerprint density at radius 2 is 1.81 bits per heavy atom. The van der Waals surface area contributed by atoms with Gasteiger partial charge in [-0.2, -0.15) is 0 Å². The molecule has 4 nitrogen and oxygen atoms in total. The van der Waals surface area contributed by atoms with E-state index in [2.05, 4.69) is 23.5 Å². The minimum Gasteiger partial charge on any atom is -0.346 e. The molecule has 0 saturated carbocycles. The molecule has 2 aromatic carbocycles. The molecule has 2 aliphatic rings. The summed E-state index contributed by atoms with van der Waals surface area (Å²) < 4.78 is 0. The van der Waals surface area contributed by atoms with Gasteiger partial charge >= 0.3 is 0 Å². The average Bonchev–Trinajstić information content (AvgIpc) is 3.13. The molecule has 1 aliphatic heterocycles. The third kappa shape index (κ3) is 3.75. The first-order chi connectivity index (χ1) is 13.1. The van der Waals surface area contributed by atoms with Gasteiger partial charge in [-0.3, -0.25) is 9.59 Å². The standard InChI is InChI=1S/C23H26N2O2/c1-16(18-12-11-17-6-2-3-7-19(17)14-18)24-23(27)20-8-4-9-21(15-20)25-13-5-10-22(25)26/h4,8-9,11-12,14-16H,2-3,5-7,10,13H2,1H3,(H,24,27). The number of carbonyl (C=O) groups is 2. The molecule has 1 fully saturated rings. The van der Waals surface area contributed by atoms with Crippen LogP contribution in [-0.2, 0) is 17.6 Å². The Balaban J connectivity index is 1.48. The molecule has 1 saturated heterocycles. The van der Waals surface area contributed by atoms with Gasteiger partial charge in [-0.05, 0) is 73.9 Å². The van der Waals surface area contributed by atoms with E-state index in [1.807, 2.05) is 25.1 Å². The van der Waals surface area contributed by atoms with Crippen LogP contribution in [0.2, 0.25) is 0 Å². The van der Waals surface area contributed by atoms with Crippen LogP contribution in [0.3, 0.4) is 0 Å². The second-order valence-corrected chi connectivity index (χ2v) is 7.63. The Morgan fingerprint density at radius 3 is 2.59 bits per heavy atom. The van der Waals surface area contributed by atoms with E-state index in [0.717, 1.165) is 30.6 Å². The second kappa shape index (κ2) is 7.55. The number of rotatable bonds is 4. The molecule has 1 aliphatic carbocycles. The fourth-order valence-corrected chi connectivity index (χ4v) is 4.12. The molecule has 1 unspecified atom stereocenters. The maximum absolute atomic E-state index is 12.8. The smallest absolute Gasteiger partial charge is 0.251 e. The minimum atomic E-state index is -0.103. The molecule has 4 rings (SSSR count). The molecule has 0 aromatic heterocycles. The van der Waals surface area contributed by atoms with Crippen molar-refractivity contribution in [1.82, 2.24) is 5.32 Å². The van der Waals surface area contributed by atoms with Crippen molar-refractivity contribution >= 4 is 17.5 Å². The molecular formula is C23H26N2O2. The van der Waals surface area contributed by atoms with Crippen molar-refractivity contribution in [3.8, 4) is 0 Å². The van der Waals surface area contributed by atoms with Crippen molar-refractivity contribution in [2.75, 3.05) is 11.4 Å². The number of fused-ring (bicyclic) bond motifs is 1. The number of nitrogens with one attached hydrogen (secondary N) is 1. The number of benzene rings is 2. The Labute approximate surface area is 160 Å². The van der Waals surface area contributed by atoms with Crippen LogP contribution < -0.4 is 10.2 Å². The molecule has 4 heteroatoms. The van der Waals surface area contributed by atoms with Crippen molar-refractivity contribution in [2.45, 2.75) is 51.5 Å². The third-order valence-corrected chi connectivity index (χ3v) is 5.71. The third-order valence-electron chi connectivity index (χ3n) is 5.71. The summed E-state index contributed by atoms with van der Waals surface area (Å²) in [5, 5.41) is 3.11. The molecule has 1 N–H and O–H groups in total. The molecule has 140 valence electrons. The van der Waals surface area contributed by atoms with E-state index in [4.69, 9.17) is 0 Å². The number of aryl methyl sites for hydroxylation is 2. The van der Waals surface area contributed by atoms with Gasteiger partial charge in [0.15, 0.2) is 0 Å². The monoisotopic (exact) mass is 362 g/mol. The predicted octanol–water partition coefficient (Wildman–Crippen LogP) is 4.18. The summed E-state index contributed by atoms with van der Waals surface area (Å²) in [6, 6.07) is 13.9. The van der Waals surface area contributed by atoms with Crippen LogP contribution in [0.5, 0.6) is 0 Å². The summed E-state index contributed by atoms with van der Waals surface area (Å²) >= 11 is 0. The molecule has 2 aromatic rings. The van der Waals surface area contributed by atoms with Crippen LogP contribution in [0.15, 0.2) is 42.5 Å². The van der Waals surface area contributed by atoms with Crippen molar-refractivity contribution in [1.29, 1.82) is 0 Å². The van der Waals surface area contributed by atoms with Crippen LogP contribution in [0.4, 0.5) is 5.69 Å². The van der Waals surface area contributed by atoms with Gasteiger partial charge in [-0.15, -0.1) is 0 Å². The summed E-state index contributed by atoms with van der Waals surface area (Å²) in [5.74, 6) is 0.0312. The molecular weight excluding hydrogens is 336 g/mol. The topological polar surface area (TPSA) is 49.4 Å². The Bertz CT molecular complexity index is 874. The van der Waals surface area contributed by atoms with E-state index in [1.54, 1.807) is 11.0 Å². The van der Waals surface area contributed by atoms with E-state index in [9.17, 15) is 9.59 Å². The molecule has 2 amide bonds. The number of carbonyl (C=O) groups excluding carboxylic acids is 2. The highest BCUT2D eigenvalue weighted by molar-refractivity contribution is 5.99. The molecule has 0 bridgehead atoms. The van der Waals surface area contributed by atoms with Gasteiger partial charge in [-0.1, -0.05) is 24.3 Å². The van der Waals surface area contributed by atoms with Crippen LogP contribution in [-0.4, -0.2) is 18.4 Å². The molecule has 27 heavy (non-hydrogen) atoms. The fourth-order valence-electron chi connectivity index (χ4n) is 4.12. The highest BCUT2D eigenvalue weighted by atomic mass is 16.2. The first-order valence-corrected chi connectivity index (χ1v) is 9.95. The van der Waals surface area contributed by atoms with Crippen molar-refractivity contribution in [3.63, 3.8) is 0 Å². The maximum Gasteiger partial charge on any atom is 0.251 e. The summed E-state index contributed by atoms with van der Waals surface area (Å²) in [6.45, 7) is 2.76. The van der Waals surface area contributed by atoms with E-state index in [-0.39, 0.29) is 17.9 Å². The predicted molar refractivity (Wildman–Crippen MR) is 107 cm³/mol. The molecule has 0 spiro atoms. The lowest BCUT2D eigenvalue weighted by molar-refractivity contribution is -0.117. The van der Waals surface area contributed by atoms with Crippen LogP contribution in [0, 0.1) is 0 Å². The number of hydrogen-bond acceptors (Lipinski definition) is 2. The number of anilines is 1. The Hall–Kier alpha value is -2.62. The highest BCUT2D eigenvalue weighted by Gasteiger charge is 2.22. The molecule has 1 heterocycles. The van der Waals surface area contributed by atoms with E-state index in [1.165, 1.54) is 30.4 Å². The summed E-state index contributed by atoms with van der Waals surface area (Å²) in [7, 11) is 0. The summed E-state index contributed by atoms with van der Waals surface area (Å²) in [5.41, 5.74) is 5.43. The van der Waals surface area contributed by atoms with Crippen LogP contribution in [0.1, 0.15) is 65.7 Å². The molecule has 0 radical (unpaired) electrons. The number of nitrogens with zero attached hydrogens (tertiary/aromatic N) is 1. The fraction of sp³-hybridized carbons (Fsp3) is 0.391. The second-order valence-electron chi connectivity index (χ2n) is 7.63. The van der Waals surface area contributed by atoms with Gasteiger partial charge in [0.2, 0.25) is 5.91 Å². The largest absolute Gasteiger partial charge is 0.346 e. The van der Waals surface area contributed by atoms with Crippen molar-refractivity contribution in [3.05, 3.63) is 64.7 Å². The van der Waals surface area contributed by atoms with E-state index >= 15 is 0 Å². The first kappa shape index (κ1) is 17.8. The SMILES string of the molecule is CC(NC(=O)c1cccc(N2CCCC2=O)c1)c1ccc2c(c1)CCCC2. The molecule has 1 atom stereocenters. The van der Waals surface area contributed by atoms with E-state index in [0.29, 0.717) is 12.0 Å². The van der Waals surface area contributed by atoms with Gasteiger partial charge < -0.3 is 10.2 Å². The van der Waals surface area contributed by atoms with Crippen molar-refractivity contribution < 1.29 is 9.59 Å². The van der Waals surface area contributed by atoms with Gasteiger partial charge in [-0.25, -0.2) is 0 Å². The van der Waals surface area contributed by atoms with E-state index < -0.39 is 0 Å². The summed E-state index contributed by atoms with van der Waals surface area (Å²) in [6.07, 6.45) is 6.29.